The Bertz CT molecular complexity index is 2250. The molecular formula is C35H38F3N3O9S2. The van der Waals surface area contributed by atoms with Gasteiger partial charge in [-0.25, -0.2) is 27.2 Å². The minimum Gasteiger partial charge on any atom is -0.444 e. The van der Waals surface area contributed by atoms with Gasteiger partial charge in [-0.1, -0.05) is 0 Å². The van der Waals surface area contributed by atoms with Crippen LogP contribution in [0.4, 0.5) is 13.2 Å². The van der Waals surface area contributed by atoms with Gasteiger partial charge in [0.05, 0.1) is 46.1 Å². The van der Waals surface area contributed by atoms with E-state index in [4.69, 9.17) is 18.6 Å². The molecule has 5 heterocycles. The fourth-order valence-electron chi connectivity index (χ4n) is 7.18. The zero-order valence-corrected chi connectivity index (χ0v) is 30.5. The molecule has 3 aliphatic rings. The van der Waals surface area contributed by atoms with Crippen LogP contribution in [-0.2, 0) is 36.2 Å². The molecule has 1 aromatic carbocycles. The maximum Gasteiger partial charge on any atom is 0.387 e. The van der Waals surface area contributed by atoms with Gasteiger partial charge in [-0.3, -0.25) is 14.2 Å². The van der Waals surface area contributed by atoms with Crippen molar-refractivity contribution >= 4 is 37.2 Å². The van der Waals surface area contributed by atoms with E-state index in [1.165, 1.54) is 30.9 Å². The van der Waals surface area contributed by atoms with E-state index < -0.39 is 74.1 Å². The van der Waals surface area contributed by atoms with Gasteiger partial charge in [0.25, 0.3) is 5.56 Å². The Balaban J connectivity index is 1.41. The summed E-state index contributed by atoms with van der Waals surface area (Å²) in [5, 5.41) is 0.0295. The van der Waals surface area contributed by atoms with Crippen LogP contribution in [0.15, 0.2) is 44.7 Å². The molecular weight excluding hydrogens is 728 g/mol. The van der Waals surface area contributed by atoms with Gasteiger partial charge in [0.2, 0.25) is 5.89 Å². The third-order valence-electron chi connectivity index (χ3n) is 10.6. The minimum atomic E-state index is -3.92. The average molecular weight is 766 g/mol. The Kier molecular flexibility index (Phi) is 9.31. The highest BCUT2D eigenvalue weighted by Crippen LogP contribution is 2.44. The molecule has 2 aliphatic heterocycles. The highest BCUT2D eigenvalue weighted by Gasteiger charge is 2.52. The largest absolute Gasteiger partial charge is 0.444 e. The van der Waals surface area contributed by atoms with E-state index in [0.717, 1.165) is 46.9 Å². The second-order valence-electron chi connectivity index (χ2n) is 14.5. The van der Waals surface area contributed by atoms with Crippen molar-refractivity contribution in [3.8, 4) is 16.5 Å². The van der Waals surface area contributed by atoms with E-state index in [1.54, 1.807) is 13.8 Å². The van der Waals surface area contributed by atoms with Gasteiger partial charge in [-0.2, -0.15) is 8.78 Å². The highest BCUT2D eigenvalue weighted by molar-refractivity contribution is 7.93. The van der Waals surface area contributed by atoms with Crippen LogP contribution in [0.1, 0.15) is 76.5 Å². The molecule has 0 amide bonds. The number of ether oxygens (including phenoxy) is 3. The molecule has 4 atom stereocenters. The number of alkyl halides is 2. The Labute approximate surface area is 300 Å². The number of benzene rings is 1. The predicted octanol–water partition coefficient (Wildman–Crippen LogP) is 5.67. The zero-order valence-electron chi connectivity index (χ0n) is 28.9. The number of rotatable bonds is 13. The van der Waals surface area contributed by atoms with Crippen molar-refractivity contribution in [3.05, 3.63) is 68.4 Å². The number of halogens is 3. The van der Waals surface area contributed by atoms with Crippen molar-refractivity contribution in [2.45, 2.75) is 114 Å². The van der Waals surface area contributed by atoms with Gasteiger partial charge in [0.15, 0.2) is 15.6 Å². The minimum absolute atomic E-state index is 0.0295. The lowest BCUT2D eigenvalue weighted by molar-refractivity contribution is -0.123. The molecule has 0 radical (unpaired) electrons. The molecule has 7 rings (SSSR count). The van der Waals surface area contributed by atoms with Crippen molar-refractivity contribution in [2.24, 2.45) is 0 Å². The van der Waals surface area contributed by atoms with E-state index in [9.17, 15) is 36.0 Å². The Morgan fingerprint density at radius 3 is 2.48 bits per heavy atom. The summed E-state index contributed by atoms with van der Waals surface area (Å²) in [7, 11) is -3.92. The first-order chi connectivity index (χ1) is 24.5. The molecule has 2 saturated heterocycles. The molecule has 3 aromatic heterocycles. The summed E-state index contributed by atoms with van der Waals surface area (Å²) in [5.74, 6) is -2.73. The monoisotopic (exact) mass is 765 g/mol. The summed E-state index contributed by atoms with van der Waals surface area (Å²) in [4.78, 5) is 47.8. The number of hydrogen-bond acceptors (Lipinski definition) is 11. The van der Waals surface area contributed by atoms with E-state index >= 15 is 0 Å². The lowest BCUT2D eigenvalue weighted by Crippen LogP contribution is -2.54. The number of oxazole rings is 1. The first-order valence-electron chi connectivity index (χ1n) is 17.0. The van der Waals surface area contributed by atoms with Gasteiger partial charge in [0.1, 0.15) is 40.1 Å². The summed E-state index contributed by atoms with van der Waals surface area (Å²) in [6.07, 6.45) is 4.20. The fraction of sp³-hybridized carbons (Fsp3) is 0.543. The SMILES string of the molecule is Cc1c(-c2ncco2)sc2c1c(=O)n(C(C)(C)C(=O)CS(=O)(=O)C1(C)CC1)c(=O)n2C[C@H](OC1C[C@H]2CC[C@@H](C1)O2)c1cc(F)ccc1OC(F)F. The van der Waals surface area contributed by atoms with Crippen molar-refractivity contribution < 1.29 is 45.0 Å². The summed E-state index contributed by atoms with van der Waals surface area (Å²) >= 11 is 1.01. The number of carbonyl (C=O) groups excluding carboxylic acids is 1. The van der Waals surface area contributed by atoms with Crippen molar-refractivity contribution in [1.82, 2.24) is 14.1 Å². The molecule has 52 heavy (non-hydrogen) atoms. The summed E-state index contributed by atoms with van der Waals surface area (Å²) in [6, 6.07) is 3.02. The van der Waals surface area contributed by atoms with Crippen LogP contribution in [0.2, 0.25) is 0 Å². The van der Waals surface area contributed by atoms with Crippen LogP contribution in [0.3, 0.4) is 0 Å². The first kappa shape index (κ1) is 36.6. The maximum atomic E-state index is 14.9. The quantitative estimate of drug-likeness (QED) is 0.167. The highest BCUT2D eigenvalue weighted by atomic mass is 32.2. The van der Waals surface area contributed by atoms with Crippen LogP contribution in [0.25, 0.3) is 21.0 Å². The second-order valence-corrected chi connectivity index (χ2v) is 18.0. The number of aromatic nitrogens is 3. The van der Waals surface area contributed by atoms with Crippen molar-refractivity contribution in [3.63, 3.8) is 0 Å². The number of thiophene rings is 1. The number of fused-ring (bicyclic) bond motifs is 3. The summed E-state index contributed by atoms with van der Waals surface area (Å²) < 4.78 is 92.3. The van der Waals surface area contributed by atoms with Gasteiger partial charge >= 0.3 is 12.3 Å². The average Bonchev–Trinajstić information content (AvgIpc) is 3.35. The third-order valence-corrected chi connectivity index (χ3v) is 14.4. The lowest BCUT2D eigenvalue weighted by Gasteiger charge is -2.33. The molecule has 1 unspecified atom stereocenters. The Morgan fingerprint density at radius 1 is 1.17 bits per heavy atom. The standard InChI is InChI=1S/C35H38F3N3O9S2/c1-18-27-30(43)41(34(2,3)26(42)17-52(45,46)35(4)9-10-35)33(44)40(31(27)51-28(18)29-39-11-12-47-29)16-25(49-22-14-20-6-7-21(15-22)48-20)23-13-19(36)5-8-24(23)50-32(37)38/h5,8,11-13,20-22,25,32H,6-7,9-10,14-17H2,1-4H3/t20-,21+,22?,25-/m0/s1. The van der Waals surface area contributed by atoms with Crippen LogP contribution in [-0.4, -0.2) is 63.7 Å². The van der Waals surface area contributed by atoms with Crippen LogP contribution >= 0.6 is 11.3 Å². The molecule has 12 nitrogen and oxygen atoms in total. The molecule has 0 spiro atoms. The molecule has 2 bridgehead atoms. The topological polar surface area (TPSA) is 149 Å². The summed E-state index contributed by atoms with van der Waals surface area (Å²) in [6.45, 7) is 2.10. The van der Waals surface area contributed by atoms with E-state index in [0.29, 0.717) is 36.1 Å². The number of hydrogen-bond donors (Lipinski definition) is 0. The molecule has 3 fully saturated rings. The third kappa shape index (κ3) is 6.53. The Hall–Kier alpha value is -3.80. The van der Waals surface area contributed by atoms with E-state index in [2.05, 4.69) is 4.98 Å². The molecule has 0 N–H and O–H groups in total. The first-order valence-corrected chi connectivity index (χ1v) is 19.5. The number of aryl methyl sites for hydroxylation is 1. The number of nitrogens with zero attached hydrogens (tertiary/aromatic N) is 3. The van der Waals surface area contributed by atoms with E-state index in [1.807, 2.05) is 0 Å². The lowest BCUT2D eigenvalue weighted by atomic mass is 9.99. The maximum absolute atomic E-state index is 14.9. The molecule has 280 valence electrons. The smallest absolute Gasteiger partial charge is 0.387 e. The van der Waals surface area contributed by atoms with Gasteiger partial charge in [-0.15, -0.1) is 11.3 Å². The predicted molar refractivity (Wildman–Crippen MR) is 184 cm³/mol. The number of carbonyl (C=O) groups is 1. The van der Waals surface area contributed by atoms with Crippen LogP contribution in [0.5, 0.6) is 5.75 Å². The number of Topliss-reactive ketones (excluding diaryl/α,β-unsaturated/α-hetero) is 1. The second kappa shape index (κ2) is 13.2. The van der Waals surface area contributed by atoms with Crippen molar-refractivity contribution in [2.75, 3.05) is 5.75 Å². The summed E-state index contributed by atoms with van der Waals surface area (Å²) in [5.41, 5.74) is -3.51. The van der Waals surface area contributed by atoms with Gasteiger partial charge in [0, 0.05) is 5.56 Å². The van der Waals surface area contributed by atoms with Gasteiger partial charge in [-0.05, 0) is 90.0 Å². The molecule has 4 aromatic rings. The van der Waals surface area contributed by atoms with E-state index in [-0.39, 0.29) is 39.6 Å². The normalized spacial score (nSPS) is 21.9. The van der Waals surface area contributed by atoms with Crippen LogP contribution in [0, 0.1) is 12.7 Å². The number of ketones is 1. The van der Waals surface area contributed by atoms with Crippen LogP contribution < -0.4 is 16.0 Å². The molecule has 1 aliphatic carbocycles. The fourth-order valence-corrected chi connectivity index (χ4v) is 10.2. The van der Waals surface area contributed by atoms with Crippen molar-refractivity contribution in [1.29, 1.82) is 0 Å². The number of sulfone groups is 1. The molecule has 17 heteroatoms. The zero-order chi connectivity index (χ0) is 37.3. The Morgan fingerprint density at radius 2 is 1.87 bits per heavy atom. The van der Waals surface area contributed by atoms with Gasteiger partial charge < -0.3 is 18.6 Å². The molecule has 1 saturated carbocycles.